The maximum absolute atomic E-state index is 10.9. The summed E-state index contributed by atoms with van der Waals surface area (Å²) in [5, 5.41) is 22.0. The summed E-state index contributed by atoms with van der Waals surface area (Å²) in [4.78, 5) is 10.9. The molecule has 2 aromatic rings. The van der Waals surface area contributed by atoms with Crippen molar-refractivity contribution in [3.05, 3.63) is 64.7 Å². The molecule has 0 aliphatic heterocycles. The average molecular weight is 398 g/mol. The maximum Gasteiger partial charge on any atom is 0.335 e. The fourth-order valence-corrected chi connectivity index (χ4v) is 3.78. The average Bonchev–Trinajstić information content (AvgIpc) is 2.66. The zero-order valence-corrected chi connectivity index (χ0v) is 16.8. The molecule has 0 aromatic heterocycles. The predicted octanol–water partition coefficient (Wildman–Crippen LogP) is 5.63. The molecule has 0 saturated heterocycles. The molecule has 0 radical (unpaired) electrons. The lowest BCUT2D eigenvalue weighted by Gasteiger charge is -2.42. The van der Waals surface area contributed by atoms with E-state index < -0.39 is 5.97 Å². The van der Waals surface area contributed by atoms with Gasteiger partial charge in [-0.3, -0.25) is 0 Å². The Bertz CT molecular complexity index is 911. The van der Waals surface area contributed by atoms with Crippen molar-refractivity contribution in [2.45, 2.75) is 58.8 Å². The minimum atomic E-state index is -0.983. The number of nitrogens with zero attached hydrogens (tertiary/aromatic N) is 1. The fraction of sp³-hybridized carbons (Fsp3) is 0.417. The van der Waals surface area contributed by atoms with Gasteiger partial charge in [-0.25, -0.2) is 4.79 Å². The highest BCUT2D eigenvalue weighted by Crippen LogP contribution is 2.45. The molecular formula is C24H31NO4. The molecule has 0 saturated carbocycles. The molecule has 2 N–H and O–H groups in total. The topological polar surface area (TPSA) is 79.1 Å². The van der Waals surface area contributed by atoms with Crippen LogP contribution in [-0.4, -0.2) is 28.6 Å². The Balaban J connectivity index is 0.00000300. The second kappa shape index (κ2) is 8.27. The maximum atomic E-state index is 10.9. The van der Waals surface area contributed by atoms with Crippen molar-refractivity contribution in [2.75, 3.05) is 6.61 Å². The van der Waals surface area contributed by atoms with E-state index in [1.807, 2.05) is 6.07 Å². The Morgan fingerprint density at radius 3 is 2.07 bits per heavy atom. The van der Waals surface area contributed by atoms with Crippen LogP contribution in [0.2, 0.25) is 0 Å². The van der Waals surface area contributed by atoms with Crippen molar-refractivity contribution in [2.24, 2.45) is 5.16 Å². The number of carboxylic acid groups (broad SMARTS) is 1. The van der Waals surface area contributed by atoms with E-state index in [0.717, 1.165) is 18.4 Å². The summed E-state index contributed by atoms with van der Waals surface area (Å²) in [6, 6.07) is 12.4. The van der Waals surface area contributed by atoms with Crippen LogP contribution in [0.3, 0.4) is 0 Å². The SMILES string of the molecule is C.CC1(C)CCC(C)(C)c2cc(/C(COc3ccc(C(=O)O)cc3)=N\O)ccc21. The number of hydrogen-bond acceptors (Lipinski definition) is 4. The van der Waals surface area contributed by atoms with Crippen LogP contribution < -0.4 is 4.74 Å². The van der Waals surface area contributed by atoms with Gasteiger partial charge < -0.3 is 15.1 Å². The lowest BCUT2D eigenvalue weighted by Crippen LogP contribution is -2.34. The molecule has 0 bridgehead atoms. The number of oxime groups is 1. The molecule has 156 valence electrons. The highest BCUT2D eigenvalue weighted by Gasteiger charge is 2.37. The molecule has 0 heterocycles. The molecule has 3 rings (SSSR count). The molecule has 5 nitrogen and oxygen atoms in total. The van der Waals surface area contributed by atoms with Crippen LogP contribution in [0.25, 0.3) is 0 Å². The van der Waals surface area contributed by atoms with Crippen LogP contribution in [0.4, 0.5) is 0 Å². The van der Waals surface area contributed by atoms with Crippen LogP contribution in [0.5, 0.6) is 5.75 Å². The predicted molar refractivity (Wildman–Crippen MR) is 116 cm³/mol. The number of fused-ring (bicyclic) bond motifs is 1. The Kier molecular flexibility index (Phi) is 6.41. The minimum absolute atomic E-state index is 0. The Hall–Kier alpha value is -2.82. The van der Waals surface area contributed by atoms with Gasteiger partial charge in [-0.1, -0.05) is 52.4 Å². The smallest absolute Gasteiger partial charge is 0.335 e. The quantitative estimate of drug-likeness (QED) is 0.389. The fourth-order valence-electron chi connectivity index (χ4n) is 3.78. The van der Waals surface area contributed by atoms with Gasteiger partial charge in [0, 0.05) is 5.56 Å². The van der Waals surface area contributed by atoms with Crippen LogP contribution in [0.15, 0.2) is 47.6 Å². The summed E-state index contributed by atoms with van der Waals surface area (Å²) in [5.74, 6) is -0.464. The first-order valence-electron chi connectivity index (χ1n) is 9.46. The first kappa shape index (κ1) is 22.5. The van der Waals surface area contributed by atoms with Gasteiger partial charge in [0.15, 0.2) is 0 Å². The molecule has 29 heavy (non-hydrogen) atoms. The van der Waals surface area contributed by atoms with E-state index in [9.17, 15) is 10.0 Å². The molecule has 1 aliphatic rings. The van der Waals surface area contributed by atoms with Crippen molar-refractivity contribution < 1.29 is 19.8 Å². The second-order valence-electron chi connectivity index (χ2n) is 8.69. The van der Waals surface area contributed by atoms with E-state index in [1.54, 1.807) is 12.1 Å². The van der Waals surface area contributed by atoms with Crippen molar-refractivity contribution in [3.8, 4) is 5.75 Å². The van der Waals surface area contributed by atoms with Crippen molar-refractivity contribution in [1.29, 1.82) is 0 Å². The summed E-state index contributed by atoms with van der Waals surface area (Å²) in [7, 11) is 0. The zero-order chi connectivity index (χ0) is 20.5. The van der Waals surface area contributed by atoms with Gasteiger partial charge >= 0.3 is 5.97 Å². The number of carbonyl (C=O) groups is 1. The number of benzene rings is 2. The first-order valence-corrected chi connectivity index (χ1v) is 9.46. The third kappa shape index (κ3) is 4.61. The molecule has 0 amide bonds. The highest BCUT2D eigenvalue weighted by molar-refractivity contribution is 6.01. The molecule has 1 aliphatic carbocycles. The van der Waals surface area contributed by atoms with Crippen LogP contribution in [-0.2, 0) is 10.8 Å². The van der Waals surface area contributed by atoms with Gasteiger partial charge in [0.1, 0.15) is 18.1 Å². The van der Waals surface area contributed by atoms with Gasteiger partial charge in [-0.2, -0.15) is 0 Å². The highest BCUT2D eigenvalue weighted by atomic mass is 16.5. The van der Waals surface area contributed by atoms with Crippen molar-refractivity contribution >= 4 is 11.7 Å². The molecule has 0 atom stereocenters. The van der Waals surface area contributed by atoms with Gasteiger partial charge in [-0.05, 0) is 65.1 Å². The van der Waals surface area contributed by atoms with Crippen molar-refractivity contribution in [1.82, 2.24) is 0 Å². The number of ether oxygens (including phenoxy) is 1. The number of rotatable bonds is 5. The summed E-state index contributed by atoms with van der Waals surface area (Å²) in [6.07, 6.45) is 2.25. The zero-order valence-electron chi connectivity index (χ0n) is 16.8. The number of aromatic carboxylic acids is 1. The monoisotopic (exact) mass is 397 g/mol. The first-order chi connectivity index (χ1) is 13.1. The number of hydrogen-bond donors (Lipinski definition) is 2. The van der Waals surface area contributed by atoms with Gasteiger partial charge in [0.25, 0.3) is 0 Å². The standard InChI is InChI=1S/C23H27NO4.CH4/c1-22(2)11-12-23(3,4)19-13-16(7-10-18(19)22)20(24-27)14-28-17-8-5-15(6-9-17)21(25)26;/h5-10,13,27H,11-12,14H2,1-4H3,(H,25,26);1H4/b24-20-;. The van der Waals surface area contributed by atoms with E-state index in [4.69, 9.17) is 9.84 Å². The lowest BCUT2D eigenvalue weighted by atomic mass is 9.63. The van der Waals surface area contributed by atoms with Crippen LogP contribution >= 0.6 is 0 Å². The molecule has 5 heteroatoms. The Morgan fingerprint density at radius 1 is 0.966 bits per heavy atom. The second-order valence-corrected chi connectivity index (χ2v) is 8.69. The van der Waals surface area contributed by atoms with E-state index in [0.29, 0.717) is 11.5 Å². The van der Waals surface area contributed by atoms with E-state index in [-0.39, 0.29) is 30.4 Å². The third-order valence-electron chi connectivity index (χ3n) is 5.78. The van der Waals surface area contributed by atoms with E-state index in [1.165, 1.54) is 23.3 Å². The molecule has 0 unspecified atom stereocenters. The Labute approximate surface area is 173 Å². The third-order valence-corrected chi connectivity index (χ3v) is 5.78. The summed E-state index contributed by atoms with van der Waals surface area (Å²) < 4.78 is 5.70. The van der Waals surface area contributed by atoms with Crippen LogP contribution in [0, 0.1) is 0 Å². The summed E-state index contributed by atoms with van der Waals surface area (Å²) >= 11 is 0. The molecular weight excluding hydrogens is 366 g/mol. The minimum Gasteiger partial charge on any atom is -0.487 e. The molecule has 0 spiro atoms. The summed E-state index contributed by atoms with van der Waals surface area (Å²) in [6.45, 7) is 9.13. The van der Waals surface area contributed by atoms with E-state index >= 15 is 0 Å². The largest absolute Gasteiger partial charge is 0.487 e. The summed E-state index contributed by atoms with van der Waals surface area (Å²) in [5.41, 5.74) is 4.28. The molecule has 2 aromatic carbocycles. The van der Waals surface area contributed by atoms with Gasteiger partial charge in [-0.15, -0.1) is 0 Å². The van der Waals surface area contributed by atoms with Crippen LogP contribution in [0.1, 0.15) is 75.0 Å². The van der Waals surface area contributed by atoms with Gasteiger partial charge in [0.2, 0.25) is 0 Å². The lowest BCUT2D eigenvalue weighted by molar-refractivity contribution is 0.0697. The Morgan fingerprint density at radius 2 is 1.52 bits per heavy atom. The van der Waals surface area contributed by atoms with Gasteiger partial charge in [0.05, 0.1) is 5.56 Å². The van der Waals surface area contributed by atoms with E-state index in [2.05, 4.69) is 45.0 Å². The normalized spacial score (nSPS) is 17.0. The van der Waals surface area contributed by atoms with Crippen molar-refractivity contribution in [3.63, 3.8) is 0 Å². The number of carboxylic acids is 1. The molecule has 0 fully saturated rings.